The molecule has 0 atom stereocenters. The van der Waals surface area contributed by atoms with E-state index >= 15 is 0 Å². The lowest BCUT2D eigenvalue weighted by molar-refractivity contribution is -0.111. The molecule has 132 valence electrons. The molecule has 1 amide bonds. The van der Waals surface area contributed by atoms with Gasteiger partial charge in [-0.05, 0) is 41.8 Å². The number of amides is 1. The summed E-state index contributed by atoms with van der Waals surface area (Å²) >= 11 is 0. The van der Waals surface area contributed by atoms with Gasteiger partial charge in [0, 0.05) is 11.8 Å². The number of carbonyl (C=O) groups excluding carboxylic acids is 1. The molecule has 0 aromatic heterocycles. The Morgan fingerprint density at radius 1 is 1.20 bits per heavy atom. The van der Waals surface area contributed by atoms with Crippen molar-refractivity contribution in [2.45, 2.75) is 18.2 Å². The van der Waals surface area contributed by atoms with Gasteiger partial charge in [-0.15, -0.1) is 0 Å². The average Bonchev–Trinajstić information content (AvgIpc) is 2.59. The molecule has 2 rings (SSSR count). The Hall–Kier alpha value is -2.64. The Morgan fingerprint density at radius 2 is 1.88 bits per heavy atom. The van der Waals surface area contributed by atoms with Crippen LogP contribution in [0.1, 0.15) is 18.1 Å². The maximum Gasteiger partial charge on any atom is 0.248 e. The number of carbonyl (C=O) groups is 1. The van der Waals surface area contributed by atoms with E-state index in [-0.39, 0.29) is 16.6 Å². The van der Waals surface area contributed by atoms with Crippen molar-refractivity contribution in [3.8, 4) is 5.75 Å². The zero-order valence-corrected chi connectivity index (χ0v) is 14.8. The van der Waals surface area contributed by atoms with Gasteiger partial charge in [0.2, 0.25) is 15.9 Å². The van der Waals surface area contributed by atoms with Crippen LogP contribution in [0.4, 0.5) is 5.69 Å². The molecule has 0 aliphatic rings. The van der Waals surface area contributed by atoms with Crippen molar-refractivity contribution < 1.29 is 17.9 Å². The van der Waals surface area contributed by atoms with Crippen LogP contribution >= 0.6 is 0 Å². The highest BCUT2D eigenvalue weighted by Gasteiger charge is 2.16. The van der Waals surface area contributed by atoms with Crippen LogP contribution in [0, 0.1) is 0 Å². The van der Waals surface area contributed by atoms with Gasteiger partial charge in [-0.3, -0.25) is 4.79 Å². The van der Waals surface area contributed by atoms with Crippen molar-refractivity contribution in [1.29, 1.82) is 0 Å². The summed E-state index contributed by atoms with van der Waals surface area (Å²) in [5.74, 6) is -0.267. The van der Waals surface area contributed by atoms with Gasteiger partial charge in [0.05, 0.1) is 7.11 Å². The average molecular weight is 360 g/mol. The number of nitrogens with two attached hydrogens (primary N) is 1. The summed E-state index contributed by atoms with van der Waals surface area (Å²) in [4.78, 5) is 11.8. The smallest absolute Gasteiger partial charge is 0.248 e. The number of anilines is 1. The molecule has 0 aliphatic heterocycles. The molecule has 0 heterocycles. The minimum absolute atomic E-state index is 0.118. The third-order valence-electron chi connectivity index (χ3n) is 3.55. The fourth-order valence-corrected chi connectivity index (χ4v) is 2.92. The fourth-order valence-electron chi connectivity index (χ4n) is 2.20. The number of rotatable bonds is 6. The lowest BCUT2D eigenvalue weighted by atomic mass is 10.1. The van der Waals surface area contributed by atoms with E-state index in [0.29, 0.717) is 5.69 Å². The van der Waals surface area contributed by atoms with Gasteiger partial charge < -0.3 is 10.1 Å². The number of ether oxygens (including phenoxy) is 1. The molecule has 3 N–H and O–H groups in total. The summed E-state index contributed by atoms with van der Waals surface area (Å²) in [5.41, 5.74) is 2.42. The van der Waals surface area contributed by atoms with Gasteiger partial charge in [-0.1, -0.05) is 31.2 Å². The molecule has 0 saturated heterocycles. The van der Waals surface area contributed by atoms with Gasteiger partial charge in [-0.2, -0.15) is 0 Å². The van der Waals surface area contributed by atoms with E-state index in [1.54, 1.807) is 6.08 Å². The molecule has 0 radical (unpaired) electrons. The molecule has 0 unspecified atom stereocenters. The quantitative estimate of drug-likeness (QED) is 0.774. The molecule has 2 aromatic carbocycles. The van der Waals surface area contributed by atoms with Gasteiger partial charge in [0.15, 0.2) is 0 Å². The molecule has 2 aromatic rings. The zero-order valence-electron chi connectivity index (χ0n) is 14.0. The molecule has 0 fully saturated rings. The first-order chi connectivity index (χ1) is 11.8. The minimum atomic E-state index is -3.96. The number of primary sulfonamides is 1. The first-order valence-corrected chi connectivity index (χ1v) is 9.17. The fraction of sp³-hybridized carbons (Fsp3) is 0.167. The second-order valence-corrected chi connectivity index (χ2v) is 6.86. The lowest BCUT2D eigenvalue weighted by Crippen LogP contribution is -2.15. The van der Waals surface area contributed by atoms with Crippen LogP contribution in [-0.2, 0) is 21.2 Å². The van der Waals surface area contributed by atoms with Crippen molar-refractivity contribution >= 4 is 27.7 Å². The molecular weight excluding hydrogens is 340 g/mol. The first-order valence-electron chi connectivity index (χ1n) is 7.62. The number of methoxy groups -OCH3 is 1. The molecule has 0 bridgehead atoms. The second-order valence-electron chi connectivity index (χ2n) is 5.33. The van der Waals surface area contributed by atoms with Crippen molar-refractivity contribution in [1.82, 2.24) is 0 Å². The number of sulfonamides is 1. The van der Waals surface area contributed by atoms with E-state index in [1.807, 2.05) is 24.3 Å². The van der Waals surface area contributed by atoms with Crippen LogP contribution < -0.4 is 15.2 Å². The van der Waals surface area contributed by atoms with Crippen molar-refractivity contribution in [3.63, 3.8) is 0 Å². The SMILES string of the molecule is CCc1ccc(/C=C/C(=O)Nc2ccc(OC)c(S(N)(=O)=O)c2)cc1. The van der Waals surface area contributed by atoms with Crippen LogP contribution in [0.15, 0.2) is 53.4 Å². The maximum absolute atomic E-state index is 12.0. The highest BCUT2D eigenvalue weighted by Crippen LogP contribution is 2.26. The van der Waals surface area contributed by atoms with E-state index in [4.69, 9.17) is 9.88 Å². The Balaban J connectivity index is 2.13. The van der Waals surface area contributed by atoms with E-state index < -0.39 is 10.0 Å². The number of benzene rings is 2. The predicted octanol–water partition coefficient (Wildman–Crippen LogP) is 2.56. The van der Waals surface area contributed by atoms with Crippen LogP contribution in [0.5, 0.6) is 5.75 Å². The Bertz CT molecular complexity index is 888. The summed E-state index contributed by atoms with van der Waals surface area (Å²) < 4.78 is 28.1. The van der Waals surface area contributed by atoms with Crippen LogP contribution in [0.2, 0.25) is 0 Å². The van der Waals surface area contributed by atoms with Gasteiger partial charge in [0.25, 0.3) is 0 Å². The van der Waals surface area contributed by atoms with E-state index in [2.05, 4.69) is 12.2 Å². The van der Waals surface area contributed by atoms with E-state index in [1.165, 1.54) is 36.9 Å². The monoisotopic (exact) mass is 360 g/mol. The zero-order chi connectivity index (χ0) is 18.4. The second kappa shape index (κ2) is 7.96. The molecule has 0 spiro atoms. The molecule has 0 aliphatic carbocycles. The van der Waals surface area contributed by atoms with E-state index in [9.17, 15) is 13.2 Å². The number of hydrogen-bond donors (Lipinski definition) is 2. The Kier molecular flexibility index (Phi) is 5.95. The maximum atomic E-state index is 12.0. The summed E-state index contributed by atoms with van der Waals surface area (Å²) in [6, 6.07) is 12.1. The molecule has 25 heavy (non-hydrogen) atoms. The number of nitrogens with one attached hydrogen (secondary N) is 1. The summed E-state index contributed by atoms with van der Waals surface area (Å²) in [6.45, 7) is 2.07. The van der Waals surface area contributed by atoms with Crippen LogP contribution in [-0.4, -0.2) is 21.4 Å². The highest BCUT2D eigenvalue weighted by molar-refractivity contribution is 7.89. The van der Waals surface area contributed by atoms with Crippen LogP contribution in [0.25, 0.3) is 6.08 Å². The van der Waals surface area contributed by atoms with E-state index in [0.717, 1.165) is 12.0 Å². The molecule has 6 nitrogen and oxygen atoms in total. The van der Waals surface area contributed by atoms with Crippen molar-refractivity contribution in [2.75, 3.05) is 12.4 Å². The Morgan fingerprint density at radius 3 is 2.44 bits per heavy atom. The number of aryl methyl sites for hydroxylation is 1. The molecular formula is C18H20N2O4S. The minimum Gasteiger partial charge on any atom is -0.495 e. The van der Waals surface area contributed by atoms with Gasteiger partial charge in [-0.25, -0.2) is 13.6 Å². The predicted molar refractivity (Wildman–Crippen MR) is 97.9 cm³/mol. The molecule has 7 heteroatoms. The van der Waals surface area contributed by atoms with Crippen molar-refractivity contribution in [3.05, 3.63) is 59.7 Å². The highest BCUT2D eigenvalue weighted by atomic mass is 32.2. The van der Waals surface area contributed by atoms with Gasteiger partial charge >= 0.3 is 0 Å². The third-order valence-corrected chi connectivity index (χ3v) is 4.48. The standard InChI is InChI=1S/C18H20N2O4S/c1-3-13-4-6-14(7-5-13)8-11-18(21)20-15-9-10-16(24-2)17(12-15)25(19,22)23/h4-12H,3H2,1-2H3,(H,20,21)(H2,19,22,23)/b11-8+. The summed E-state index contributed by atoms with van der Waals surface area (Å²) in [6.07, 6.45) is 4.01. The topological polar surface area (TPSA) is 98.5 Å². The third kappa shape index (κ3) is 5.17. The number of hydrogen-bond acceptors (Lipinski definition) is 4. The lowest BCUT2D eigenvalue weighted by Gasteiger charge is -2.09. The van der Waals surface area contributed by atoms with Gasteiger partial charge in [0.1, 0.15) is 10.6 Å². The van der Waals surface area contributed by atoms with Crippen molar-refractivity contribution in [2.24, 2.45) is 5.14 Å². The summed E-state index contributed by atoms with van der Waals surface area (Å²) in [7, 11) is -2.62. The first kappa shape index (κ1) is 18.7. The normalized spacial score (nSPS) is 11.5. The largest absolute Gasteiger partial charge is 0.495 e. The Labute approximate surface area is 147 Å². The molecule has 0 saturated carbocycles. The summed E-state index contributed by atoms with van der Waals surface area (Å²) in [5, 5.41) is 7.75. The van der Waals surface area contributed by atoms with Crippen LogP contribution in [0.3, 0.4) is 0 Å².